The molecule has 21 heavy (non-hydrogen) atoms. The van der Waals surface area contributed by atoms with Crippen LogP contribution < -0.4 is 5.32 Å². The molecule has 0 aromatic carbocycles. The molecule has 1 rings (SSSR count). The second-order valence-corrected chi connectivity index (χ2v) is 4.25. The summed E-state index contributed by atoms with van der Waals surface area (Å²) in [6, 6.07) is -1.74. The Morgan fingerprint density at radius 2 is 2.19 bits per heavy atom. The van der Waals surface area contributed by atoms with Gasteiger partial charge in [0.05, 0.1) is 6.04 Å². The Kier molecular flexibility index (Phi) is 5.56. The standard InChI is InChI=1S/C11H15F3N4O3/c1-2-7(9-15-3-4-16-9)17-10(21)18(5-8(19)20)6-11(12,13)14/h3-4,7H,2,5-6H2,1H3,(H,15,16)(H,17,21)(H,19,20). The number of nitrogens with zero attached hydrogens (tertiary/aromatic N) is 2. The van der Waals surface area contributed by atoms with Crippen molar-refractivity contribution in [3.05, 3.63) is 18.2 Å². The average Bonchev–Trinajstić information content (AvgIpc) is 2.86. The highest BCUT2D eigenvalue weighted by Gasteiger charge is 2.34. The first-order valence-electron chi connectivity index (χ1n) is 6.06. The van der Waals surface area contributed by atoms with E-state index in [-0.39, 0.29) is 4.90 Å². The Labute approximate surface area is 118 Å². The summed E-state index contributed by atoms with van der Waals surface area (Å²) in [4.78, 5) is 29.2. The van der Waals surface area contributed by atoms with Crippen LogP contribution in [0.15, 0.2) is 12.4 Å². The van der Waals surface area contributed by atoms with Crippen LogP contribution in [-0.4, -0.2) is 51.2 Å². The summed E-state index contributed by atoms with van der Waals surface area (Å²) in [5.41, 5.74) is 0. The Hall–Kier alpha value is -2.26. The Balaban J connectivity index is 2.77. The highest BCUT2D eigenvalue weighted by molar-refractivity contribution is 5.80. The number of carboxylic acids is 1. The van der Waals surface area contributed by atoms with E-state index in [9.17, 15) is 22.8 Å². The number of aromatic nitrogens is 2. The number of imidazole rings is 1. The van der Waals surface area contributed by atoms with E-state index >= 15 is 0 Å². The fourth-order valence-corrected chi connectivity index (χ4v) is 1.65. The lowest BCUT2D eigenvalue weighted by atomic mass is 10.2. The summed E-state index contributed by atoms with van der Waals surface area (Å²) in [7, 11) is 0. The molecule has 1 atom stereocenters. The molecule has 1 aromatic heterocycles. The lowest BCUT2D eigenvalue weighted by Crippen LogP contribution is -2.48. The van der Waals surface area contributed by atoms with E-state index in [0.29, 0.717) is 12.2 Å². The molecule has 3 N–H and O–H groups in total. The number of carboxylic acid groups (broad SMARTS) is 1. The van der Waals surface area contributed by atoms with E-state index in [1.165, 1.54) is 12.4 Å². The first-order valence-corrected chi connectivity index (χ1v) is 6.06. The van der Waals surface area contributed by atoms with Crippen molar-refractivity contribution in [3.63, 3.8) is 0 Å². The molecule has 2 amide bonds. The van der Waals surface area contributed by atoms with E-state index in [1.54, 1.807) is 6.92 Å². The van der Waals surface area contributed by atoms with Crippen molar-refractivity contribution in [2.24, 2.45) is 0 Å². The van der Waals surface area contributed by atoms with Gasteiger partial charge in [-0.25, -0.2) is 9.78 Å². The molecule has 0 radical (unpaired) electrons. The predicted molar refractivity (Wildman–Crippen MR) is 65.4 cm³/mol. The number of hydrogen-bond acceptors (Lipinski definition) is 3. The number of hydrogen-bond donors (Lipinski definition) is 3. The number of carbonyl (C=O) groups is 2. The van der Waals surface area contributed by atoms with Crippen molar-refractivity contribution < 1.29 is 27.9 Å². The number of aliphatic carboxylic acids is 1. The van der Waals surface area contributed by atoms with Gasteiger partial charge in [0.15, 0.2) is 0 Å². The van der Waals surface area contributed by atoms with Crippen molar-refractivity contribution in [1.29, 1.82) is 0 Å². The van der Waals surface area contributed by atoms with Crippen LogP contribution >= 0.6 is 0 Å². The maximum atomic E-state index is 12.4. The quantitative estimate of drug-likeness (QED) is 0.742. The predicted octanol–water partition coefficient (Wildman–Crippen LogP) is 1.52. The van der Waals surface area contributed by atoms with Crippen LogP contribution in [-0.2, 0) is 4.79 Å². The van der Waals surface area contributed by atoms with E-state index in [0.717, 1.165) is 0 Å². The van der Waals surface area contributed by atoms with Crippen LogP contribution in [0, 0.1) is 0 Å². The molecule has 0 aliphatic heterocycles. The van der Waals surface area contributed by atoms with Crippen LogP contribution in [0.1, 0.15) is 25.2 Å². The molecular weight excluding hydrogens is 293 g/mol. The van der Waals surface area contributed by atoms with E-state index in [1.807, 2.05) is 0 Å². The minimum atomic E-state index is -4.68. The molecule has 0 saturated heterocycles. The summed E-state index contributed by atoms with van der Waals surface area (Å²) in [5, 5.41) is 10.9. The van der Waals surface area contributed by atoms with Gasteiger partial charge in [-0.3, -0.25) is 4.79 Å². The third kappa shape index (κ3) is 5.71. The Morgan fingerprint density at radius 3 is 2.62 bits per heavy atom. The number of nitrogens with one attached hydrogen (secondary N) is 2. The highest BCUT2D eigenvalue weighted by Crippen LogP contribution is 2.18. The van der Waals surface area contributed by atoms with Gasteiger partial charge in [0.2, 0.25) is 0 Å². The molecule has 0 saturated carbocycles. The topological polar surface area (TPSA) is 98.3 Å². The zero-order valence-corrected chi connectivity index (χ0v) is 11.1. The smallest absolute Gasteiger partial charge is 0.406 e. The summed E-state index contributed by atoms with van der Waals surface area (Å²) in [6.45, 7) is -0.974. The summed E-state index contributed by atoms with van der Waals surface area (Å²) in [5.74, 6) is -1.14. The first kappa shape index (κ1) is 16.8. The summed E-state index contributed by atoms with van der Waals surface area (Å²) >= 11 is 0. The third-order valence-electron chi connectivity index (χ3n) is 2.54. The van der Waals surface area contributed by atoms with Gasteiger partial charge in [-0.15, -0.1) is 0 Å². The minimum absolute atomic E-state index is 0.188. The average molecular weight is 308 g/mol. The van der Waals surface area contributed by atoms with Crippen molar-refractivity contribution >= 4 is 12.0 Å². The molecule has 1 unspecified atom stereocenters. The molecule has 0 fully saturated rings. The number of aromatic amines is 1. The molecule has 1 heterocycles. The molecule has 118 valence electrons. The monoisotopic (exact) mass is 308 g/mol. The van der Waals surface area contributed by atoms with E-state index < -0.39 is 37.3 Å². The van der Waals surface area contributed by atoms with Crippen LogP contribution in [0.5, 0.6) is 0 Å². The fourth-order valence-electron chi connectivity index (χ4n) is 1.65. The van der Waals surface area contributed by atoms with Gasteiger partial charge >= 0.3 is 18.2 Å². The molecule has 1 aromatic rings. The van der Waals surface area contributed by atoms with Crippen molar-refractivity contribution in [1.82, 2.24) is 20.2 Å². The summed E-state index contributed by atoms with van der Waals surface area (Å²) in [6.07, 6.45) is -1.35. The lowest BCUT2D eigenvalue weighted by Gasteiger charge is -2.25. The first-order chi connectivity index (χ1) is 9.73. The number of amides is 2. The normalized spacial score (nSPS) is 12.8. The van der Waals surface area contributed by atoms with Crippen LogP contribution in [0.3, 0.4) is 0 Å². The van der Waals surface area contributed by atoms with E-state index in [4.69, 9.17) is 5.11 Å². The van der Waals surface area contributed by atoms with Crippen LogP contribution in [0.25, 0.3) is 0 Å². The maximum Gasteiger partial charge on any atom is 0.406 e. The van der Waals surface area contributed by atoms with Gasteiger partial charge in [0.25, 0.3) is 0 Å². The van der Waals surface area contributed by atoms with Gasteiger partial charge in [0, 0.05) is 12.4 Å². The molecule has 0 bridgehead atoms. The van der Waals surface area contributed by atoms with Crippen molar-refractivity contribution in [2.45, 2.75) is 25.6 Å². The van der Waals surface area contributed by atoms with Gasteiger partial charge in [-0.1, -0.05) is 6.92 Å². The molecule has 0 spiro atoms. The van der Waals surface area contributed by atoms with Crippen molar-refractivity contribution in [3.8, 4) is 0 Å². The minimum Gasteiger partial charge on any atom is -0.480 e. The number of urea groups is 1. The Morgan fingerprint density at radius 1 is 1.52 bits per heavy atom. The van der Waals surface area contributed by atoms with E-state index in [2.05, 4.69) is 15.3 Å². The Bertz CT molecular complexity index is 476. The lowest BCUT2D eigenvalue weighted by molar-refractivity contribution is -0.149. The molecule has 7 nitrogen and oxygen atoms in total. The third-order valence-corrected chi connectivity index (χ3v) is 2.54. The number of alkyl halides is 3. The van der Waals surface area contributed by atoms with Gasteiger partial charge in [-0.2, -0.15) is 13.2 Å². The molecule has 0 aliphatic carbocycles. The highest BCUT2D eigenvalue weighted by atomic mass is 19.4. The second kappa shape index (κ2) is 6.95. The fraction of sp³-hybridized carbons (Fsp3) is 0.545. The number of carbonyl (C=O) groups excluding carboxylic acids is 1. The molecule has 0 aliphatic rings. The number of H-pyrrole nitrogens is 1. The maximum absolute atomic E-state index is 12.4. The number of rotatable bonds is 6. The zero-order valence-electron chi connectivity index (χ0n) is 11.1. The summed E-state index contributed by atoms with van der Waals surface area (Å²) < 4.78 is 37.1. The zero-order chi connectivity index (χ0) is 16.0. The van der Waals surface area contributed by atoms with Crippen molar-refractivity contribution in [2.75, 3.05) is 13.1 Å². The largest absolute Gasteiger partial charge is 0.480 e. The SMILES string of the molecule is CCC(NC(=O)N(CC(=O)O)CC(F)(F)F)c1ncc[nH]1. The van der Waals surface area contributed by atoms with Gasteiger partial charge < -0.3 is 20.3 Å². The van der Waals surface area contributed by atoms with Crippen LogP contribution in [0.4, 0.5) is 18.0 Å². The molecule has 10 heteroatoms. The second-order valence-electron chi connectivity index (χ2n) is 4.25. The number of halogens is 3. The van der Waals surface area contributed by atoms with Crippen LogP contribution in [0.2, 0.25) is 0 Å². The van der Waals surface area contributed by atoms with Gasteiger partial charge in [0.1, 0.15) is 18.9 Å². The van der Waals surface area contributed by atoms with Gasteiger partial charge in [-0.05, 0) is 6.42 Å². The molecular formula is C11H15F3N4O3.